The lowest BCUT2D eigenvalue weighted by Gasteiger charge is -2.14. The minimum absolute atomic E-state index is 0.279. The van der Waals surface area contributed by atoms with Gasteiger partial charge in [-0.1, -0.05) is 22.0 Å². The average molecular weight is 408 g/mol. The molecule has 1 amide bonds. The van der Waals surface area contributed by atoms with E-state index in [1.54, 1.807) is 48.5 Å². The van der Waals surface area contributed by atoms with Gasteiger partial charge in [-0.25, -0.2) is 4.79 Å². The smallest absolute Gasteiger partial charge is 0.344 e. The summed E-state index contributed by atoms with van der Waals surface area (Å²) in [5, 5.41) is 2.66. The van der Waals surface area contributed by atoms with Crippen LogP contribution in [0.15, 0.2) is 53.0 Å². The molecule has 0 radical (unpaired) electrons. The Kier molecular flexibility index (Phi) is 6.82. The first-order valence-electron chi connectivity index (χ1n) is 7.50. The number of carbonyl (C=O) groups is 2. The van der Waals surface area contributed by atoms with E-state index in [1.807, 2.05) is 0 Å². The molecule has 2 rings (SSSR count). The van der Waals surface area contributed by atoms with Gasteiger partial charge in [-0.15, -0.1) is 0 Å². The number of anilines is 1. The number of methoxy groups -OCH3 is 1. The Morgan fingerprint density at radius 1 is 1.12 bits per heavy atom. The fraction of sp³-hybridized carbons (Fsp3) is 0.222. The van der Waals surface area contributed by atoms with Gasteiger partial charge in [0, 0.05) is 16.2 Å². The molecule has 0 unspecified atom stereocenters. The van der Waals surface area contributed by atoms with Crippen LogP contribution in [0.25, 0.3) is 0 Å². The summed E-state index contributed by atoms with van der Waals surface area (Å²) in [6.45, 7) is 1.21. The summed E-state index contributed by atoms with van der Waals surface area (Å²) in [5.41, 5.74) is 0.554. The first-order valence-corrected chi connectivity index (χ1v) is 8.30. The summed E-state index contributed by atoms with van der Waals surface area (Å²) in [7, 11) is 1.54. The van der Waals surface area contributed by atoms with Crippen molar-refractivity contribution in [2.45, 2.75) is 13.0 Å². The minimum atomic E-state index is -0.952. The molecule has 25 heavy (non-hydrogen) atoms. The summed E-state index contributed by atoms with van der Waals surface area (Å²) in [5.74, 6) is 0.0837. The zero-order valence-corrected chi connectivity index (χ0v) is 15.4. The summed E-state index contributed by atoms with van der Waals surface area (Å²) in [4.78, 5) is 23.9. The maximum Gasteiger partial charge on any atom is 0.344 e. The lowest BCUT2D eigenvalue weighted by atomic mass is 10.3. The Labute approximate surface area is 154 Å². The fourth-order valence-corrected chi connectivity index (χ4v) is 2.17. The monoisotopic (exact) mass is 407 g/mol. The van der Waals surface area contributed by atoms with Gasteiger partial charge in [-0.3, -0.25) is 4.79 Å². The van der Waals surface area contributed by atoms with Crippen molar-refractivity contribution in [2.24, 2.45) is 0 Å². The van der Waals surface area contributed by atoms with Crippen LogP contribution in [-0.4, -0.2) is 31.7 Å². The molecule has 0 aliphatic rings. The maximum absolute atomic E-state index is 12.1. The van der Waals surface area contributed by atoms with Crippen molar-refractivity contribution in [2.75, 3.05) is 19.0 Å². The average Bonchev–Trinajstić information content (AvgIpc) is 2.61. The van der Waals surface area contributed by atoms with Crippen LogP contribution in [0.3, 0.4) is 0 Å². The van der Waals surface area contributed by atoms with Crippen LogP contribution in [0.5, 0.6) is 11.5 Å². The molecule has 6 nitrogen and oxygen atoms in total. The number of halogens is 1. The Morgan fingerprint density at radius 2 is 1.84 bits per heavy atom. The molecule has 0 fully saturated rings. The van der Waals surface area contributed by atoms with E-state index in [9.17, 15) is 9.59 Å². The molecule has 7 heteroatoms. The van der Waals surface area contributed by atoms with E-state index in [2.05, 4.69) is 21.2 Å². The standard InChI is InChI=1S/C18H18BrNO5/c1-12(18(22)20-14-4-3-5-16(10-14)23-2)25-17(21)11-24-15-8-6-13(19)7-9-15/h3-10,12H,11H2,1-2H3,(H,20,22)/t12-/m1/s1. The van der Waals surface area contributed by atoms with Crippen LogP contribution < -0.4 is 14.8 Å². The van der Waals surface area contributed by atoms with Crippen molar-refractivity contribution in [3.8, 4) is 11.5 Å². The molecule has 1 N–H and O–H groups in total. The topological polar surface area (TPSA) is 73.9 Å². The van der Waals surface area contributed by atoms with Gasteiger partial charge in [-0.05, 0) is 43.3 Å². The zero-order valence-electron chi connectivity index (χ0n) is 13.8. The largest absolute Gasteiger partial charge is 0.497 e. The van der Waals surface area contributed by atoms with Gasteiger partial charge in [0.1, 0.15) is 11.5 Å². The quantitative estimate of drug-likeness (QED) is 0.711. The third-order valence-electron chi connectivity index (χ3n) is 3.19. The van der Waals surface area contributed by atoms with E-state index in [0.29, 0.717) is 17.2 Å². The Morgan fingerprint density at radius 3 is 2.52 bits per heavy atom. The lowest BCUT2D eigenvalue weighted by Crippen LogP contribution is -2.31. The number of hydrogen-bond acceptors (Lipinski definition) is 5. The summed E-state index contributed by atoms with van der Waals surface area (Å²) < 4.78 is 16.4. The van der Waals surface area contributed by atoms with E-state index in [-0.39, 0.29) is 6.61 Å². The number of nitrogens with one attached hydrogen (secondary N) is 1. The molecule has 0 saturated heterocycles. The Hall–Kier alpha value is -2.54. The molecule has 0 spiro atoms. The molecule has 0 bridgehead atoms. The Balaban J connectivity index is 1.81. The van der Waals surface area contributed by atoms with Gasteiger partial charge >= 0.3 is 5.97 Å². The molecular formula is C18H18BrNO5. The second-order valence-corrected chi connectivity index (χ2v) is 6.01. The highest BCUT2D eigenvalue weighted by atomic mass is 79.9. The van der Waals surface area contributed by atoms with Crippen LogP contribution in [0.1, 0.15) is 6.92 Å². The predicted molar refractivity (Wildman–Crippen MR) is 96.8 cm³/mol. The number of rotatable bonds is 7. The maximum atomic E-state index is 12.1. The van der Waals surface area contributed by atoms with Crippen molar-refractivity contribution < 1.29 is 23.8 Å². The van der Waals surface area contributed by atoms with Crippen molar-refractivity contribution in [3.63, 3.8) is 0 Å². The number of carbonyl (C=O) groups excluding carboxylic acids is 2. The van der Waals surface area contributed by atoms with Gasteiger partial charge in [0.15, 0.2) is 12.7 Å². The second kappa shape index (κ2) is 9.08. The molecule has 0 aromatic heterocycles. The first kappa shape index (κ1) is 18.8. The highest BCUT2D eigenvalue weighted by Gasteiger charge is 2.18. The van der Waals surface area contributed by atoms with Crippen LogP contribution in [0.2, 0.25) is 0 Å². The molecule has 2 aromatic rings. The van der Waals surface area contributed by atoms with Crippen LogP contribution in [0.4, 0.5) is 5.69 Å². The van der Waals surface area contributed by atoms with E-state index in [4.69, 9.17) is 14.2 Å². The van der Waals surface area contributed by atoms with Crippen LogP contribution >= 0.6 is 15.9 Å². The van der Waals surface area contributed by atoms with E-state index in [0.717, 1.165) is 4.47 Å². The number of esters is 1. The second-order valence-electron chi connectivity index (χ2n) is 5.10. The normalized spacial score (nSPS) is 11.3. The molecule has 0 aliphatic heterocycles. The molecule has 0 heterocycles. The van der Waals surface area contributed by atoms with Crippen molar-refractivity contribution in [1.29, 1.82) is 0 Å². The summed E-state index contributed by atoms with van der Waals surface area (Å²) >= 11 is 3.31. The van der Waals surface area contributed by atoms with Gasteiger partial charge in [0.25, 0.3) is 5.91 Å². The SMILES string of the molecule is COc1cccc(NC(=O)[C@@H](C)OC(=O)COc2ccc(Br)cc2)c1. The summed E-state index contributed by atoms with van der Waals surface area (Å²) in [6.07, 6.45) is -0.952. The number of hydrogen-bond donors (Lipinski definition) is 1. The molecule has 132 valence electrons. The Bertz CT molecular complexity index is 733. The summed E-state index contributed by atoms with van der Waals surface area (Å²) in [6, 6.07) is 13.9. The van der Waals surface area contributed by atoms with Crippen molar-refractivity contribution in [3.05, 3.63) is 53.0 Å². The number of benzene rings is 2. The van der Waals surface area contributed by atoms with E-state index in [1.165, 1.54) is 14.0 Å². The molecule has 1 atom stereocenters. The highest BCUT2D eigenvalue weighted by Crippen LogP contribution is 2.17. The third-order valence-corrected chi connectivity index (χ3v) is 3.71. The molecule has 0 aliphatic carbocycles. The van der Waals surface area contributed by atoms with Crippen LogP contribution in [0, 0.1) is 0 Å². The molecular weight excluding hydrogens is 390 g/mol. The number of ether oxygens (including phenoxy) is 3. The minimum Gasteiger partial charge on any atom is -0.497 e. The highest BCUT2D eigenvalue weighted by molar-refractivity contribution is 9.10. The van der Waals surface area contributed by atoms with Crippen LogP contribution in [-0.2, 0) is 14.3 Å². The van der Waals surface area contributed by atoms with E-state index >= 15 is 0 Å². The third kappa shape index (κ3) is 6.11. The molecule has 2 aromatic carbocycles. The number of amides is 1. The van der Waals surface area contributed by atoms with Gasteiger partial charge in [0.05, 0.1) is 7.11 Å². The van der Waals surface area contributed by atoms with Gasteiger partial charge < -0.3 is 19.5 Å². The van der Waals surface area contributed by atoms with Crippen molar-refractivity contribution >= 4 is 33.5 Å². The first-order chi connectivity index (χ1) is 12.0. The van der Waals surface area contributed by atoms with Gasteiger partial charge in [0.2, 0.25) is 0 Å². The fourth-order valence-electron chi connectivity index (χ4n) is 1.90. The lowest BCUT2D eigenvalue weighted by molar-refractivity contribution is -0.155. The zero-order chi connectivity index (χ0) is 18.2. The van der Waals surface area contributed by atoms with Gasteiger partial charge in [-0.2, -0.15) is 0 Å². The molecule has 0 saturated carbocycles. The van der Waals surface area contributed by atoms with Crippen molar-refractivity contribution in [1.82, 2.24) is 0 Å². The van der Waals surface area contributed by atoms with E-state index < -0.39 is 18.0 Å². The predicted octanol–water partition coefficient (Wildman–Crippen LogP) is 3.41.